The van der Waals surface area contributed by atoms with Crippen molar-refractivity contribution in [1.29, 1.82) is 0 Å². The van der Waals surface area contributed by atoms with E-state index in [9.17, 15) is 0 Å². The monoisotopic (exact) mass is 385 g/mol. The van der Waals surface area contributed by atoms with Gasteiger partial charge in [-0.15, -0.1) is 0 Å². The first-order valence-electron chi connectivity index (χ1n) is 12.7. The van der Waals surface area contributed by atoms with Crippen LogP contribution in [0.2, 0.25) is 0 Å². The highest BCUT2D eigenvalue weighted by atomic mass is 15.2. The molecule has 0 bridgehead atoms. The molecule has 1 aromatic rings. The van der Waals surface area contributed by atoms with Crippen LogP contribution in [0.15, 0.2) is 24.3 Å². The van der Waals surface area contributed by atoms with Crippen molar-refractivity contribution in [2.24, 2.45) is 0 Å². The Morgan fingerprint density at radius 1 is 0.714 bits per heavy atom. The summed E-state index contributed by atoms with van der Waals surface area (Å²) in [5, 5.41) is 0. The number of rotatable bonds is 13. The number of fused-ring (bicyclic) bond motifs is 1. The van der Waals surface area contributed by atoms with Gasteiger partial charge in [0.05, 0.1) is 0 Å². The maximum Gasteiger partial charge on any atom is 0.0401 e. The van der Waals surface area contributed by atoms with Crippen LogP contribution in [0.3, 0.4) is 0 Å². The molecule has 2 rings (SSSR count). The van der Waals surface area contributed by atoms with Gasteiger partial charge in [0, 0.05) is 18.3 Å². The Bertz CT molecular complexity index is 481. The third-order valence-electron chi connectivity index (χ3n) is 6.62. The van der Waals surface area contributed by atoms with E-state index >= 15 is 0 Å². The standard InChI is InChI=1S/C27H47N/c1-3-5-7-9-14-21-26(22-15-10-8-6-4-2)28-24-18-12-11-13-19-25-20-16-17-23-27(25)28/h16-17,20,23,26H,3-15,18-19,21-22,24H2,1-2H3. The quantitative estimate of drug-likeness (QED) is 0.307. The largest absolute Gasteiger partial charge is 0.368 e. The van der Waals surface area contributed by atoms with E-state index < -0.39 is 0 Å². The third kappa shape index (κ3) is 8.58. The Hall–Kier alpha value is -0.980. The number of anilines is 1. The zero-order valence-electron chi connectivity index (χ0n) is 19.1. The van der Waals surface area contributed by atoms with Gasteiger partial charge in [0.1, 0.15) is 0 Å². The lowest BCUT2D eigenvalue weighted by atomic mass is 9.97. The van der Waals surface area contributed by atoms with Gasteiger partial charge < -0.3 is 4.90 Å². The SMILES string of the molecule is CCCCCCCC(CCCCCCC)N1CCCCCCc2ccccc21. The van der Waals surface area contributed by atoms with Gasteiger partial charge in [-0.25, -0.2) is 0 Å². The number of aryl methyl sites for hydroxylation is 1. The zero-order chi connectivity index (χ0) is 19.9. The maximum atomic E-state index is 2.85. The number of benzene rings is 1. The minimum atomic E-state index is 0.752. The smallest absolute Gasteiger partial charge is 0.0401 e. The molecular formula is C27H47N. The molecule has 160 valence electrons. The second kappa shape index (κ2) is 14.9. The van der Waals surface area contributed by atoms with Gasteiger partial charge in [-0.05, 0) is 43.7 Å². The minimum absolute atomic E-state index is 0.752. The summed E-state index contributed by atoms with van der Waals surface area (Å²) in [5.74, 6) is 0. The fourth-order valence-electron chi connectivity index (χ4n) is 4.88. The van der Waals surface area contributed by atoms with Gasteiger partial charge in [-0.3, -0.25) is 0 Å². The molecule has 1 heterocycles. The first-order valence-corrected chi connectivity index (χ1v) is 12.7. The number of nitrogens with zero attached hydrogens (tertiary/aromatic N) is 1. The van der Waals surface area contributed by atoms with Crippen molar-refractivity contribution in [2.45, 2.75) is 129 Å². The molecular weight excluding hydrogens is 338 g/mol. The van der Waals surface area contributed by atoms with E-state index in [1.54, 1.807) is 11.3 Å². The molecule has 0 aromatic heterocycles. The normalized spacial score (nSPS) is 15.2. The molecule has 1 nitrogen and oxygen atoms in total. The van der Waals surface area contributed by atoms with Gasteiger partial charge in [-0.1, -0.05) is 109 Å². The van der Waals surface area contributed by atoms with Crippen molar-refractivity contribution in [2.75, 3.05) is 11.4 Å². The Balaban J connectivity index is 2.04. The van der Waals surface area contributed by atoms with E-state index in [4.69, 9.17) is 0 Å². The summed E-state index contributed by atoms with van der Waals surface area (Å²) in [6, 6.07) is 10.1. The van der Waals surface area contributed by atoms with Crippen molar-refractivity contribution in [3.63, 3.8) is 0 Å². The number of hydrogen-bond acceptors (Lipinski definition) is 1. The van der Waals surface area contributed by atoms with Crippen LogP contribution < -0.4 is 4.90 Å². The Morgan fingerprint density at radius 2 is 1.32 bits per heavy atom. The van der Waals surface area contributed by atoms with Crippen molar-refractivity contribution in [3.8, 4) is 0 Å². The summed E-state index contributed by atoms with van der Waals surface area (Å²) in [4.78, 5) is 2.85. The third-order valence-corrected chi connectivity index (χ3v) is 6.62. The summed E-state index contributed by atoms with van der Waals surface area (Å²) < 4.78 is 0. The molecule has 0 saturated carbocycles. The predicted octanol–water partition coefficient (Wildman–Crippen LogP) is 8.70. The molecule has 0 aliphatic carbocycles. The van der Waals surface area contributed by atoms with Crippen LogP contribution in [-0.2, 0) is 6.42 Å². The molecule has 0 saturated heterocycles. The first-order chi connectivity index (χ1) is 13.9. The Morgan fingerprint density at radius 3 is 2.00 bits per heavy atom. The molecule has 0 atom stereocenters. The maximum absolute atomic E-state index is 2.85. The average molecular weight is 386 g/mol. The molecule has 0 N–H and O–H groups in total. The van der Waals surface area contributed by atoms with Crippen LogP contribution in [0, 0.1) is 0 Å². The summed E-state index contributed by atoms with van der Waals surface area (Å²) >= 11 is 0. The minimum Gasteiger partial charge on any atom is -0.368 e. The molecule has 1 aliphatic heterocycles. The van der Waals surface area contributed by atoms with Crippen LogP contribution in [0.4, 0.5) is 5.69 Å². The van der Waals surface area contributed by atoms with Crippen LogP contribution in [-0.4, -0.2) is 12.6 Å². The number of unbranched alkanes of at least 4 members (excludes halogenated alkanes) is 8. The van der Waals surface area contributed by atoms with Gasteiger partial charge >= 0.3 is 0 Å². The number of hydrogen-bond donors (Lipinski definition) is 0. The van der Waals surface area contributed by atoms with E-state index in [1.807, 2.05) is 0 Å². The van der Waals surface area contributed by atoms with E-state index in [-0.39, 0.29) is 0 Å². The van der Waals surface area contributed by atoms with E-state index in [0.717, 1.165) is 6.04 Å². The summed E-state index contributed by atoms with van der Waals surface area (Å²) in [7, 11) is 0. The highest BCUT2D eigenvalue weighted by Crippen LogP contribution is 2.30. The second-order valence-corrected chi connectivity index (χ2v) is 9.05. The van der Waals surface area contributed by atoms with Crippen LogP contribution in [0.25, 0.3) is 0 Å². The zero-order valence-corrected chi connectivity index (χ0v) is 19.1. The topological polar surface area (TPSA) is 3.24 Å². The fourth-order valence-corrected chi connectivity index (χ4v) is 4.88. The van der Waals surface area contributed by atoms with Crippen molar-refractivity contribution in [1.82, 2.24) is 0 Å². The summed E-state index contributed by atoms with van der Waals surface area (Å²) in [6.45, 7) is 5.91. The van der Waals surface area contributed by atoms with Gasteiger partial charge in [-0.2, -0.15) is 0 Å². The van der Waals surface area contributed by atoms with Gasteiger partial charge in [0.2, 0.25) is 0 Å². The second-order valence-electron chi connectivity index (χ2n) is 9.05. The molecule has 1 heteroatoms. The van der Waals surface area contributed by atoms with E-state index in [2.05, 4.69) is 43.0 Å². The molecule has 1 aliphatic rings. The van der Waals surface area contributed by atoms with Crippen LogP contribution in [0.1, 0.15) is 122 Å². The molecule has 0 amide bonds. The van der Waals surface area contributed by atoms with E-state index in [0.29, 0.717) is 0 Å². The lowest BCUT2D eigenvalue weighted by molar-refractivity contribution is 0.452. The summed E-state index contributed by atoms with van der Waals surface area (Å²) in [5.41, 5.74) is 3.17. The van der Waals surface area contributed by atoms with Crippen molar-refractivity contribution >= 4 is 5.69 Å². The predicted molar refractivity (Wildman–Crippen MR) is 127 cm³/mol. The average Bonchev–Trinajstić information content (AvgIpc) is 2.82. The molecule has 0 spiro atoms. The first kappa shape index (κ1) is 23.3. The lowest BCUT2D eigenvalue weighted by Gasteiger charge is -2.35. The van der Waals surface area contributed by atoms with Crippen molar-refractivity contribution in [3.05, 3.63) is 29.8 Å². The van der Waals surface area contributed by atoms with Crippen molar-refractivity contribution < 1.29 is 0 Å². The highest BCUT2D eigenvalue weighted by molar-refractivity contribution is 5.54. The van der Waals surface area contributed by atoms with Gasteiger partial charge in [0.25, 0.3) is 0 Å². The number of para-hydroxylation sites is 1. The molecule has 1 aromatic carbocycles. The highest BCUT2D eigenvalue weighted by Gasteiger charge is 2.21. The Labute approximate surface area is 176 Å². The van der Waals surface area contributed by atoms with Gasteiger partial charge in [0.15, 0.2) is 0 Å². The fraction of sp³-hybridized carbons (Fsp3) is 0.778. The molecule has 28 heavy (non-hydrogen) atoms. The van der Waals surface area contributed by atoms with Crippen LogP contribution in [0.5, 0.6) is 0 Å². The van der Waals surface area contributed by atoms with E-state index in [1.165, 1.54) is 116 Å². The summed E-state index contributed by atoms with van der Waals surface area (Å²) in [6.07, 6.45) is 23.7. The molecule has 0 radical (unpaired) electrons. The van der Waals surface area contributed by atoms with Crippen LogP contribution >= 0.6 is 0 Å². The lowest BCUT2D eigenvalue weighted by Crippen LogP contribution is -2.37. The molecule has 0 fully saturated rings. The Kier molecular flexibility index (Phi) is 12.4. The molecule has 0 unspecified atom stereocenters.